The van der Waals surface area contributed by atoms with E-state index in [9.17, 15) is 9.59 Å². The molecule has 3 aromatic carbocycles. The second kappa shape index (κ2) is 12.1. The number of nitrogens with one attached hydrogen (secondary N) is 1. The van der Waals surface area contributed by atoms with Crippen molar-refractivity contribution >= 4 is 45.6 Å². The zero-order valence-corrected chi connectivity index (χ0v) is 23.5. The van der Waals surface area contributed by atoms with Crippen molar-refractivity contribution < 1.29 is 9.59 Å². The molecule has 2 amide bonds. The molecule has 10 heteroatoms. The van der Waals surface area contributed by atoms with Crippen LogP contribution in [0, 0.1) is 0 Å². The number of rotatable bonds is 10. The average Bonchev–Trinajstić information content (AvgIpc) is 3.61. The topological polar surface area (TPSA) is 96.2 Å². The van der Waals surface area contributed by atoms with Crippen LogP contribution < -0.4 is 10.2 Å². The van der Waals surface area contributed by atoms with Crippen molar-refractivity contribution in [1.29, 1.82) is 0 Å². The lowest BCUT2D eigenvalue weighted by atomic mass is 10.1. The summed E-state index contributed by atoms with van der Waals surface area (Å²) < 4.78 is 1.58. The van der Waals surface area contributed by atoms with Crippen LogP contribution in [0.2, 0.25) is 0 Å². The fraction of sp³-hybridized carbons (Fsp3) is 0.233. The highest BCUT2D eigenvalue weighted by molar-refractivity contribution is 7.09. The Morgan fingerprint density at radius 3 is 2.42 bits per heavy atom. The van der Waals surface area contributed by atoms with E-state index in [1.54, 1.807) is 9.58 Å². The number of thiazole rings is 1. The van der Waals surface area contributed by atoms with Gasteiger partial charge in [-0.2, -0.15) is 0 Å². The van der Waals surface area contributed by atoms with E-state index in [2.05, 4.69) is 15.6 Å². The van der Waals surface area contributed by atoms with Crippen LogP contribution in [-0.4, -0.2) is 56.8 Å². The highest BCUT2D eigenvalue weighted by atomic mass is 32.1. The number of carbonyl (C=O) groups is 2. The van der Waals surface area contributed by atoms with Gasteiger partial charge in [-0.25, -0.2) is 9.67 Å². The third-order valence-corrected chi connectivity index (χ3v) is 7.50. The highest BCUT2D eigenvalue weighted by Gasteiger charge is 2.30. The molecule has 0 saturated heterocycles. The number of fused-ring (bicyclic) bond motifs is 1. The van der Waals surface area contributed by atoms with Crippen LogP contribution in [0.4, 0.5) is 11.4 Å². The molecule has 0 saturated carbocycles. The highest BCUT2D eigenvalue weighted by Crippen LogP contribution is 2.24. The van der Waals surface area contributed by atoms with Gasteiger partial charge in [0.25, 0.3) is 0 Å². The second-order valence-electron chi connectivity index (χ2n) is 9.60. The molecule has 0 aliphatic heterocycles. The smallest absolute Gasteiger partial charge is 0.247 e. The largest absolute Gasteiger partial charge is 0.378 e. The summed E-state index contributed by atoms with van der Waals surface area (Å²) in [6.07, 6.45) is 0.433. The number of nitrogens with zero attached hydrogens (tertiary/aromatic N) is 6. The lowest BCUT2D eigenvalue weighted by Gasteiger charge is -2.30. The van der Waals surface area contributed by atoms with E-state index in [1.807, 2.05) is 110 Å². The minimum atomic E-state index is -0.708. The van der Waals surface area contributed by atoms with Gasteiger partial charge in [-0.3, -0.25) is 9.59 Å². The number of carbonyl (C=O) groups excluding carboxylic acids is 2. The number of amides is 2. The first-order valence-corrected chi connectivity index (χ1v) is 14.0. The Balaban J connectivity index is 1.41. The normalized spacial score (nSPS) is 11.8. The first kappa shape index (κ1) is 27.0. The summed E-state index contributed by atoms with van der Waals surface area (Å²) in [5.74, 6) is -0.492. The molecule has 0 spiro atoms. The van der Waals surface area contributed by atoms with Crippen LogP contribution in [0.15, 0.2) is 84.2 Å². The Bertz CT molecular complexity index is 1600. The third-order valence-electron chi connectivity index (χ3n) is 6.67. The molecule has 5 aromatic rings. The molecule has 1 atom stereocenters. The van der Waals surface area contributed by atoms with E-state index in [1.165, 1.54) is 11.3 Å². The predicted octanol–water partition coefficient (Wildman–Crippen LogP) is 5.07. The van der Waals surface area contributed by atoms with Gasteiger partial charge >= 0.3 is 0 Å². The van der Waals surface area contributed by atoms with Gasteiger partial charge in [-0.05, 0) is 42.8 Å². The molecule has 1 N–H and O–H groups in total. The fourth-order valence-corrected chi connectivity index (χ4v) is 5.31. The average molecular weight is 554 g/mol. The number of para-hydroxylation sites is 1. The maximum Gasteiger partial charge on any atom is 0.247 e. The molecule has 2 aromatic heterocycles. The zero-order valence-electron chi connectivity index (χ0n) is 22.7. The van der Waals surface area contributed by atoms with E-state index in [4.69, 9.17) is 4.98 Å². The molecular formula is C30H31N7O2S. The van der Waals surface area contributed by atoms with Crippen molar-refractivity contribution in [3.05, 3.63) is 89.3 Å². The van der Waals surface area contributed by atoms with Crippen molar-refractivity contribution in [3.63, 3.8) is 0 Å². The van der Waals surface area contributed by atoms with Gasteiger partial charge in [0.15, 0.2) is 0 Å². The summed E-state index contributed by atoms with van der Waals surface area (Å²) in [7, 11) is 3.93. The van der Waals surface area contributed by atoms with Gasteiger partial charge in [-0.1, -0.05) is 54.6 Å². The van der Waals surface area contributed by atoms with Crippen LogP contribution in [0.1, 0.15) is 18.4 Å². The summed E-state index contributed by atoms with van der Waals surface area (Å²) in [4.78, 5) is 35.8. The van der Waals surface area contributed by atoms with Crippen molar-refractivity contribution in [2.24, 2.45) is 0 Å². The van der Waals surface area contributed by atoms with Crippen LogP contribution in [0.5, 0.6) is 0 Å². The lowest BCUT2D eigenvalue weighted by molar-refractivity contribution is -0.140. The number of aromatic nitrogens is 4. The first-order chi connectivity index (χ1) is 19.4. The molecule has 0 bridgehead atoms. The summed E-state index contributed by atoms with van der Waals surface area (Å²) in [6.45, 7) is 2.06. The Morgan fingerprint density at radius 1 is 0.975 bits per heavy atom. The Hall–Kier alpha value is -4.57. The van der Waals surface area contributed by atoms with E-state index in [0.29, 0.717) is 17.6 Å². The minimum Gasteiger partial charge on any atom is -0.378 e. The van der Waals surface area contributed by atoms with Gasteiger partial charge < -0.3 is 15.1 Å². The summed E-state index contributed by atoms with van der Waals surface area (Å²) in [6, 6.07) is 24.3. The zero-order chi connectivity index (χ0) is 28.1. The summed E-state index contributed by atoms with van der Waals surface area (Å²) >= 11 is 1.47. The number of hydrogen-bond acceptors (Lipinski definition) is 7. The van der Waals surface area contributed by atoms with Gasteiger partial charge in [0.2, 0.25) is 11.8 Å². The Labute approximate surface area is 237 Å². The first-order valence-electron chi connectivity index (χ1n) is 13.1. The summed E-state index contributed by atoms with van der Waals surface area (Å²) in [5.41, 5.74) is 5.01. The molecular weight excluding hydrogens is 522 g/mol. The minimum absolute atomic E-state index is 0.0429. The third kappa shape index (κ3) is 6.02. The Kier molecular flexibility index (Phi) is 8.16. The molecule has 0 aliphatic rings. The van der Waals surface area contributed by atoms with Crippen LogP contribution >= 0.6 is 11.3 Å². The fourth-order valence-electron chi connectivity index (χ4n) is 4.51. The van der Waals surface area contributed by atoms with E-state index >= 15 is 0 Å². The SMILES string of the molecule is CCC(C(=O)Nc1ccc(N(C)C)cc1)N(Cc1nc(-c2ccccc2)cs1)C(=O)Cn1nnc2ccccc21. The molecule has 9 nitrogen and oxygen atoms in total. The molecule has 2 heterocycles. The van der Waals surface area contributed by atoms with Gasteiger partial charge in [0.1, 0.15) is 23.1 Å². The van der Waals surface area contributed by atoms with Gasteiger partial charge in [0, 0.05) is 36.4 Å². The van der Waals surface area contributed by atoms with Crippen LogP contribution in [-0.2, 0) is 22.7 Å². The van der Waals surface area contributed by atoms with Crippen molar-refractivity contribution in [2.45, 2.75) is 32.5 Å². The van der Waals surface area contributed by atoms with E-state index in [-0.39, 0.29) is 24.9 Å². The standard InChI is InChI=1S/C30H31N7O2S/c1-4-26(30(39)31-22-14-16-23(17-15-22)35(2)3)36(18-28-32-25(20-40-28)21-10-6-5-7-11-21)29(38)19-37-27-13-9-8-12-24(27)33-34-37/h5-17,20,26H,4,18-19H2,1-3H3,(H,31,39). The summed E-state index contributed by atoms with van der Waals surface area (Å²) in [5, 5.41) is 14.1. The molecule has 204 valence electrons. The molecule has 0 fully saturated rings. The molecule has 1 unspecified atom stereocenters. The number of hydrogen-bond donors (Lipinski definition) is 1. The lowest BCUT2D eigenvalue weighted by Crippen LogP contribution is -2.47. The van der Waals surface area contributed by atoms with Crippen LogP contribution in [0.3, 0.4) is 0 Å². The molecule has 0 radical (unpaired) electrons. The van der Waals surface area contributed by atoms with Crippen molar-refractivity contribution in [1.82, 2.24) is 24.9 Å². The molecule has 0 aliphatic carbocycles. The number of anilines is 2. The molecule has 5 rings (SSSR count). The monoisotopic (exact) mass is 553 g/mol. The van der Waals surface area contributed by atoms with Crippen molar-refractivity contribution in [3.8, 4) is 11.3 Å². The second-order valence-corrected chi connectivity index (χ2v) is 10.5. The van der Waals surface area contributed by atoms with Gasteiger partial charge in [-0.15, -0.1) is 16.4 Å². The quantitative estimate of drug-likeness (QED) is 0.260. The van der Waals surface area contributed by atoms with Crippen LogP contribution in [0.25, 0.3) is 22.3 Å². The van der Waals surface area contributed by atoms with Gasteiger partial charge in [0.05, 0.1) is 17.8 Å². The maximum atomic E-state index is 13.8. The van der Waals surface area contributed by atoms with E-state index < -0.39 is 6.04 Å². The number of benzene rings is 3. The Morgan fingerprint density at radius 2 is 1.70 bits per heavy atom. The van der Waals surface area contributed by atoms with Crippen molar-refractivity contribution in [2.75, 3.05) is 24.3 Å². The maximum absolute atomic E-state index is 13.8. The predicted molar refractivity (Wildman–Crippen MR) is 159 cm³/mol. The molecule has 40 heavy (non-hydrogen) atoms. The van der Waals surface area contributed by atoms with E-state index in [0.717, 1.165) is 27.5 Å².